The highest BCUT2D eigenvalue weighted by atomic mass is 79.9. The first-order valence-electron chi connectivity index (χ1n) is 8.23. The molecule has 1 amide bonds. The Labute approximate surface area is 170 Å². The van der Waals surface area contributed by atoms with E-state index in [1.807, 2.05) is 47.9 Å². The summed E-state index contributed by atoms with van der Waals surface area (Å²) >= 11 is 4.75. The predicted molar refractivity (Wildman–Crippen MR) is 112 cm³/mol. The molecule has 0 atom stereocenters. The van der Waals surface area contributed by atoms with Gasteiger partial charge >= 0.3 is 0 Å². The fourth-order valence-corrected chi connectivity index (χ4v) is 3.68. The number of allylic oxidation sites excluding steroid dienone is 1. The van der Waals surface area contributed by atoms with Crippen molar-refractivity contribution in [2.75, 3.05) is 11.1 Å². The summed E-state index contributed by atoms with van der Waals surface area (Å²) in [4.78, 5) is 16.7. The lowest BCUT2D eigenvalue weighted by Gasteiger charge is -2.09. The number of anilines is 1. The summed E-state index contributed by atoms with van der Waals surface area (Å²) in [5.74, 6) is 0.785. The molecule has 0 bridgehead atoms. The van der Waals surface area contributed by atoms with Crippen molar-refractivity contribution in [2.45, 2.75) is 18.6 Å². The zero-order chi connectivity index (χ0) is 19.2. The third kappa shape index (κ3) is 4.84. The minimum Gasteiger partial charge on any atom is -0.325 e. The molecule has 27 heavy (non-hydrogen) atoms. The van der Waals surface area contributed by atoms with Crippen LogP contribution in [0.1, 0.15) is 5.56 Å². The average Bonchev–Trinajstić information content (AvgIpc) is 3.06. The molecule has 6 nitrogen and oxygen atoms in total. The Bertz CT molecular complexity index is 958. The van der Waals surface area contributed by atoms with Gasteiger partial charge in [-0.3, -0.25) is 14.3 Å². The summed E-state index contributed by atoms with van der Waals surface area (Å²) in [7, 11) is 0. The Morgan fingerprint density at radius 3 is 2.89 bits per heavy atom. The first-order chi connectivity index (χ1) is 13.1. The number of amides is 1. The Morgan fingerprint density at radius 1 is 1.33 bits per heavy atom. The molecule has 0 aliphatic rings. The number of halogens is 1. The number of aryl methyl sites for hydroxylation is 1. The molecule has 0 spiro atoms. The van der Waals surface area contributed by atoms with Crippen LogP contribution in [0.15, 0.2) is 64.9 Å². The first-order valence-corrected chi connectivity index (χ1v) is 10.0. The largest absolute Gasteiger partial charge is 0.325 e. The molecule has 0 unspecified atom stereocenters. The van der Waals surface area contributed by atoms with Gasteiger partial charge in [-0.05, 0) is 42.8 Å². The summed E-state index contributed by atoms with van der Waals surface area (Å²) < 4.78 is 2.88. The number of aromatic nitrogens is 4. The Kier molecular flexibility index (Phi) is 6.41. The number of nitrogens with zero attached hydrogens (tertiary/aromatic N) is 4. The van der Waals surface area contributed by atoms with E-state index in [0.29, 0.717) is 17.5 Å². The van der Waals surface area contributed by atoms with E-state index in [-0.39, 0.29) is 11.7 Å². The summed E-state index contributed by atoms with van der Waals surface area (Å²) in [5.41, 5.74) is 2.52. The molecule has 2 aromatic heterocycles. The van der Waals surface area contributed by atoms with Gasteiger partial charge in [0, 0.05) is 22.9 Å². The standard InChI is InChI=1S/C19H18BrN5OS/c1-3-10-25-18(16-6-4-5-9-21-16)23-24-19(25)27-12-17(26)22-15-8-7-14(20)11-13(15)2/h3-9,11H,1,10,12H2,2H3,(H,22,26). The van der Waals surface area contributed by atoms with Crippen molar-refractivity contribution in [1.29, 1.82) is 0 Å². The van der Waals surface area contributed by atoms with Gasteiger partial charge in [0.15, 0.2) is 11.0 Å². The quantitative estimate of drug-likeness (QED) is 0.434. The van der Waals surface area contributed by atoms with Crippen LogP contribution in [0, 0.1) is 6.92 Å². The van der Waals surface area contributed by atoms with Gasteiger partial charge in [0.25, 0.3) is 0 Å². The van der Waals surface area contributed by atoms with E-state index in [1.165, 1.54) is 11.8 Å². The van der Waals surface area contributed by atoms with Crippen molar-refractivity contribution in [3.05, 3.63) is 65.3 Å². The molecular formula is C19H18BrN5OS. The number of benzene rings is 1. The third-order valence-corrected chi connectivity index (χ3v) is 5.18. The summed E-state index contributed by atoms with van der Waals surface area (Å²) in [5, 5.41) is 12.0. The van der Waals surface area contributed by atoms with Crippen LogP contribution in [0.4, 0.5) is 5.69 Å². The fraction of sp³-hybridized carbons (Fsp3) is 0.158. The second-order valence-electron chi connectivity index (χ2n) is 5.72. The van der Waals surface area contributed by atoms with E-state index in [0.717, 1.165) is 21.4 Å². The van der Waals surface area contributed by atoms with Crippen molar-refractivity contribution < 1.29 is 4.79 Å². The van der Waals surface area contributed by atoms with Crippen molar-refractivity contribution in [1.82, 2.24) is 19.7 Å². The molecule has 0 saturated carbocycles. The number of pyridine rings is 1. The van der Waals surface area contributed by atoms with Crippen LogP contribution < -0.4 is 5.32 Å². The monoisotopic (exact) mass is 443 g/mol. The predicted octanol–water partition coefficient (Wildman–Crippen LogP) is 4.33. The Balaban J connectivity index is 1.71. The van der Waals surface area contributed by atoms with Gasteiger partial charge in [-0.2, -0.15) is 0 Å². The molecule has 3 rings (SSSR count). The first kappa shape index (κ1) is 19.3. The molecule has 0 radical (unpaired) electrons. The SMILES string of the molecule is C=CCn1c(SCC(=O)Nc2ccc(Br)cc2C)nnc1-c1ccccn1. The Hall–Kier alpha value is -2.45. The highest BCUT2D eigenvalue weighted by molar-refractivity contribution is 9.10. The number of rotatable bonds is 7. The van der Waals surface area contributed by atoms with Gasteiger partial charge < -0.3 is 5.32 Å². The number of thioether (sulfide) groups is 1. The summed E-state index contributed by atoms with van der Waals surface area (Å²) in [6.45, 7) is 6.28. The second kappa shape index (κ2) is 8.96. The molecule has 3 aromatic rings. The molecule has 1 N–H and O–H groups in total. The van der Waals surface area contributed by atoms with Crippen molar-refractivity contribution >= 4 is 39.3 Å². The normalized spacial score (nSPS) is 10.6. The van der Waals surface area contributed by atoms with Crippen LogP contribution >= 0.6 is 27.7 Å². The summed E-state index contributed by atoms with van der Waals surface area (Å²) in [6, 6.07) is 11.4. The van der Waals surface area contributed by atoms with Gasteiger partial charge in [0.05, 0.1) is 5.75 Å². The highest BCUT2D eigenvalue weighted by Crippen LogP contribution is 2.24. The number of hydrogen-bond acceptors (Lipinski definition) is 5. The number of nitrogens with one attached hydrogen (secondary N) is 1. The molecule has 0 aliphatic heterocycles. The van der Waals surface area contributed by atoms with Crippen molar-refractivity contribution in [3.63, 3.8) is 0 Å². The lowest BCUT2D eigenvalue weighted by Crippen LogP contribution is -2.15. The van der Waals surface area contributed by atoms with E-state index >= 15 is 0 Å². The minimum atomic E-state index is -0.0991. The van der Waals surface area contributed by atoms with Crippen molar-refractivity contribution in [3.8, 4) is 11.5 Å². The molecular weight excluding hydrogens is 426 g/mol. The van der Waals surface area contributed by atoms with Crippen LogP contribution in [-0.2, 0) is 11.3 Å². The fourth-order valence-electron chi connectivity index (χ4n) is 2.46. The van der Waals surface area contributed by atoms with E-state index in [1.54, 1.807) is 12.3 Å². The maximum atomic E-state index is 12.3. The average molecular weight is 444 g/mol. The van der Waals surface area contributed by atoms with Crippen molar-refractivity contribution in [2.24, 2.45) is 0 Å². The molecule has 0 fully saturated rings. The van der Waals surface area contributed by atoms with E-state index < -0.39 is 0 Å². The van der Waals surface area contributed by atoms with Gasteiger partial charge in [-0.15, -0.1) is 16.8 Å². The van der Waals surface area contributed by atoms with Gasteiger partial charge in [0.1, 0.15) is 5.69 Å². The maximum Gasteiger partial charge on any atom is 0.234 e. The van der Waals surface area contributed by atoms with Crippen LogP contribution in [0.5, 0.6) is 0 Å². The van der Waals surface area contributed by atoms with Gasteiger partial charge in [-0.1, -0.05) is 39.8 Å². The van der Waals surface area contributed by atoms with Crippen LogP contribution in [0.2, 0.25) is 0 Å². The Morgan fingerprint density at radius 2 is 2.19 bits per heavy atom. The molecule has 2 heterocycles. The van der Waals surface area contributed by atoms with Crippen LogP contribution in [0.3, 0.4) is 0 Å². The lowest BCUT2D eigenvalue weighted by molar-refractivity contribution is -0.113. The smallest absolute Gasteiger partial charge is 0.234 e. The molecule has 138 valence electrons. The molecule has 0 saturated heterocycles. The lowest BCUT2D eigenvalue weighted by atomic mass is 10.2. The second-order valence-corrected chi connectivity index (χ2v) is 7.57. The molecule has 1 aromatic carbocycles. The summed E-state index contributed by atoms with van der Waals surface area (Å²) in [6.07, 6.45) is 3.48. The molecule has 0 aliphatic carbocycles. The number of hydrogen-bond donors (Lipinski definition) is 1. The van der Waals surface area contributed by atoms with Gasteiger partial charge in [0.2, 0.25) is 5.91 Å². The minimum absolute atomic E-state index is 0.0991. The van der Waals surface area contributed by atoms with E-state index in [4.69, 9.17) is 0 Å². The zero-order valence-corrected chi connectivity index (χ0v) is 17.1. The number of carbonyl (C=O) groups is 1. The van der Waals surface area contributed by atoms with E-state index in [9.17, 15) is 4.79 Å². The van der Waals surface area contributed by atoms with Crippen LogP contribution in [0.25, 0.3) is 11.5 Å². The maximum absolute atomic E-state index is 12.3. The van der Waals surface area contributed by atoms with Gasteiger partial charge in [-0.25, -0.2) is 0 Å². The zero-order valence-electron chi connectivity index (χ0n) is 14.7. The van der Waals surface area contributed by atoms with Crippen LogP contribution in [-0.4, -0.2) is 31.4 Å². The van der Waals surface area contributed by atoms with E-state index in [2.05, 4.69) is 43.0 Å². The molecule has 8 heteroatoms. The number of carbonyl (C=O) groups excluding carboxylic acids is 1. The topological polar surface area (TPSA) is 72.7 Å². The third-order valence-electron chi connectivity index (χ3n) is 3.72. The highest BCUT2D eigenvalue weighted by Gasteiger charge is 2.16.